The van der Waals surface area contributed by atoms with Crippen LogP contribution >= 0.6 is 22.9 Å². The number of hydrogen-bond acceptors (Lipinski definition) is 5. The van der Waals surface area contributed by atoms with E-state index in [1.165, 1.54) is 24.2 Å². The third-order valence-electron chi connectivity index (χ3n) is 5.72. The minimum atomic E-state index is -1.39. The van der Waals surface area contributed by atoms with Crippen molar-refractivity contribution < 1.29 is 9.00 Å². The fraction of sp³-hybridized carbons (Fsp3) is 0.524. The Morgan fingerprint density at radius 2 is 2.13 bits per heavy atom. The van der Waals surface area contributed by atoms with E-state index in [1.54, 1.807) is 6.07 Å². The molecule has 2 aliphatic rings. The Bertz CT molecular complexity index is 937. The molecular formula is C21H27ClN4O2S2. The van der Waals surface area contributed by atoms with Crippen LogP contribution in [0.1, 0.15) is 44.2 Å². The topological polar surface area (TPSA) is 83.1 Å². The molecule has 162 valence electrons. The zero-order valence-corrected chi connectivity index (χ0v) is 19.4. The number of thiazole rings is 1. The quantitative estimate of drug-likeness (QED) is 0.569. The number of aromatic nitrogens is 1. The molecule has 2 atom stereocenters. The predicted molar refractivity (Wildman–Crippen MR) is 123 cm³/mol. The molecule has 9 heteroatoms. The van der Waals surface area contributed by atoms with Crippen molar-refractivity contribution in [3.05, 3.63) is 28.9 Å². The van der Waals surface area contributed by atoms with Crippen LogP contribution in [0.5, 0.6) is 0 Å². The first-order chi connectivity index (χ1) is 14.5. The lowest BCUT2D eigenvalue weighted by molar-refractivity contribution is -0.117. The molecule has 1 saturated heterocycles. The van der Waals surface area contributed by atoms with Crippen molar-refractivity contribution in [3.8, 4) is 10.4 Å². The number of halogens is 1. The summed E-state index contributed by atoms with van der Waals surface area (Å²) < 4.78 is 16.0. The van der Waals surface area contributed by atoms with Crippen LogP contribution in [0.15, 0.2) is 23.1 Å². The average Bonchev–Trinajstić information content (AvgIpc) is 3.46. The SMILES string of the molecule is Cc1nc(NC(=O)CC2CCCC2)sc1-c1ccc(Cl)c(S(=O)NC2CCNC2)c1. The smallest absolute Gasteiger partial charge is 0.226 e. The van der Waals surface area contributed by atoms with Gasteiger partial charge >= 0.3 is 0 Å². The van der Waals surface area contributed by atoms with Crippen LogP contribution in [-0.2, 0) is 15.8 Å². The van der Waals surface area contributed by atoms with Crippen molar-refractivity contribution in [2.45, 2.75) is 56.4 Å². The van der Waals surface area contributed by atoms with Gasteiger partial charge in [-0.05, 0) is 56.3 Å². The Morgan fingerprint density at radius 1 is 1.33 bits per heavy atom. The molecule has 2 aromatic rings. The van der Waals surface area contributed by atoms with Gasteiger partial charge in [-0.3, -0.25) is 4.79 Å². The van der Waals surface area contributed by atoms with Crippen LogP contribution in [0.3, 0.4) is 0 Å². The van der Waals surface area contributed by atoms with Crippen molar-refractivity contribution in [3.63, 3.8) is 0 Å². The Balaban J connectivity index is 1.48. The van der Waals surface area contributed by atoms with E-state index in [0.29, 0.717) is 27.4 Å². The third-order valence-corrected chi connectivity index (χ3v) is 8.57. The van der Waals surface area contributed by atoms with Crippen molar-refractivity contribution in [1.82, 2.24) is 15.0 Å². The Labute approximate surface area is 188 Å². The molecule has 2 unspecified atom stereocenters. The third kappa shape index (κ3) is 5.29. The maximum absolute atomic E-state index is 12.8. The van der Waals surface area contributed by atoms with Crippen molar-refractivity contribution in [2.75, 3.05) is 18.4 Å². The lowest BCUT2D eigenvalue weighted by atomic mass is 10.0. The van der Waals surface area contributed by atoms with Gasteiger partial charge in [-0.15, -0.1) is 0 Å². The highest BCUT2D eigenvalue weighted by atomic mass is 35.5. The van der Waals surface area contributed by atoms with Crippen molar-refractivity contribution >= 4 is 45.0 Å². The number of amides is 1. The van der Waals surface area contributed by atoms with Crippen LogP contribution in [0.25, 0.3) is 10.4 Å². The summed E-state index contributed by atoms with van der Waals surface area (Å²) in [6, 6.07) is 5.72. The van der Waals surface area contributed by atoms with Gasteiger partial charge in [-0.1, -0.05) is 41.8 Å². The predicted octanol–water partition coefficient (Wildman–Crippen LogP) is 4.26. The molecule has 1 aliphatic carbocycles. The van der Waals surface area contributed by atoms with E-state index in [0.717, 1.165) is 48.5 Å². The normalized spacial score (nSPS) is 20.5. The molecule has 1 aromatic carbocycles. The van der Waals surface area contributed by atoms with E-state index >= 15 is 0 Å². The second-order valence-corrected chi connectivity index (χ2v) is 10.7. The summed E-state index contributed by atoms with van der Waals surface area (Å²) >= 11 is 7.78. The Kier molecular flexibility index (Phi) is 7.20. The van der Waals surface area contributed by atoms with Crippen LogP contribution in [-0.4, -0.2) is 34.2 Å². The summed E-state index contributed by atoms with van der Waals surface area (Å²) in [6.45, 7) is 3.66. The lowest BCUT2D eigenvalue weighted by Gasteiger charge is -2.12. The monoisotopic (exact) mass is 466 g/mol. The van der Waals surface area contributed by atoms with E-state index < -0.39 is 11.0 Å². The van der Waals surface area contributed by atoms with Crippen molar-refractivity contribution in [1.29, 1.82) is 0 Å². The van der Waals surface area contributed by atoms with E-state index in [4.69, 9.17) is 11.6 Å². The number of carbonyl (C=O) groups excluding carboxylic acids is 1. The van der Waals surface area contributed by atoms with Gasteiger partial charge in [-0.25, -0.2) is 13.9 Å². The Hall–Kier alpha value is -1.32. The minimum absolute atomic E-state index is 0.0365. The summed E-state index contributed by atoms with van der Waals surface area (Å²) in [6.07, 6.45) is 6.26. The van der Waals surface area contributed by atoms with Gasteiger partial charge in [0.05, 0.1) is 20.5 Å². The zero-order valence-electron chi connectivity index (χ0n) is 17.0. The number of benzene rings is 1. The Morgan fingerprint density at radius 3 is 2.87 bits per heavy atom. The van der Waals surface area contributed by atoms with E-state index in [-0.39, 0.29) is 11.9 Å². The summed E-state index contributed by atoms with van der Waals surface area (Å²) in [5.41, 5.74) is 1.74. The number of nitrogens with zero attached hydrogens (tertiary/aromatic N) is 1. The molecule has 1 aliphatic heterocycles. The molecule has 0 radical (unpaired) electrons. The number of carbonyl (C=O) groups is 1. The largest absolute Gasteiger partial charge is 0.315 e. The first-order valence-corrected chi connectivity index (χ1v) is 12.8. The molecule has 1 saturated carbocycles. The first-order valence-electron chi connectivity index (χ1n) is 10.5. The van der Waals surface area contributed by atoms with E-state index in [2.05, 4.69) is 20.3 Å². The highest BCUT2D eigenvalue weighted by Gasteiger charge is 2.21. The fourth-order valence-corrected chi connectivity index (χ4v) is 6.54. The van der Waals surface area contributed by atoms with Gasteiger partial charge in [0, 0.05) is 19.0 Å². The van der Waals surface area contributed by atoms with Crippen LogP contribution in [0.4, 0.5) is 5.13 Å². The van der Waals surface area contributed by atoms with E-state index in [9.17, 15) is 9.00 Å². The number of nitrogens with one attached hydrogen (secondary N) is 3. The number of rotatable bonds is 7. The molecule has 6 nitrogen and oxygen atoms in total. The van der Waals surface area contributed by atoms with Gasteiger partial charge in [0.1, 0.15) is 11.0 Å². The highest BCUT2D eigenvalue weighted by molar-refractivity contribution is 7.83. The standard InChI is InChI=1S/C21H27ClN4O2S2/c1-13-20(29-21(24-13)25-19(27)10-14-4-2-3-5-14)15-6-7-17(22)18(11-15)30(28)26-16-8-9-23-12-16/h6-7,11,14,16,23,26H,2-5,8-10,12H2,1H3,(H,24,25,27). The lowest BCUT2D eigenvalue weighted by Crippen LogP contribution is -2.32. The van der Waals surface area contributed by atoms with E-state index in [1.807, 2.05) is 19.1 Å². The van der Waals surface area contributed by atoms with Gasteiger partial charge in [0.2, 0.25) is 5.91 Å². The van der Waals surface area contributed by atoms with Crippen LogP contribution in [0, 0.1) is 12.8 Å². The molecule has 1 amide bonds. The molecule has 3 N–H and O–H groups in total. The molecule has 30 heavy (non-hydrogen) atoms. The summed E-state index contributed by atoms with van der Waals surface area (Å²) in [7, 11) is -1.39. The second kappa shape index (κ2) is 9.87. The van der Waals surface area contributed by atoms with Gasteiger partial charge in [-0.2, -0.15) is 0 Å². The molecule has 0 spiro atoms. The van der Waals surface area contributed by atoms with Gasteiger partial charge < -0.3 is 10.6 Å². The average molecular weight is 467 g/mol. The number of hydrogen-bond donors (Lipinski definition) is 3. The van der Waals surface area contributed by atoms with Gasteiger partial charge in [0.25, 0.3) is 0 Å². The van der Waals surface area contributed by atoms with Crippen LogP contribution in [0.2, 0.25) is 5.02 Å². The molecule has 0 bridgehead atoms. The first kappa shape index (κ1) is 21.9. The molecule has 1 aromatic heterocycles. The van der Waals surface area contributed by atoms with Gasteiger partial charge in [0.15, 0.2) is 5.13 Å². The highest BCUT2D eigenvalue weighted by Crippen LogP contribution is 2.36. The number of anilines is 1. The zero-order chi connectivity index (χ0) is 21.1. The fourth-order valence-electron chi connectivity index (χ4n) is 4.12. The minimum Gasteiger partial charge on any atom is -0.315 e. The maximum Gasteiger partial charge on any atom is 0.226 e. The molecule has 2 heterocycles. The maximum atomic E-state index is 12.8. The summed E-state index contributed by atoms with van der Waals surface area (Å²) in [5.74, 6) is 0.538. The molecular weight excluding hydrogens is 440 g/mol. The molecule has 2 fully saturated rings. The molecule has 4 rings (SSSR count). The summed E-state index contributed by atoms with van der Waals surface area (Å²) in [4.78, 5) is 18.4. The number of aryl methyl sites for hydroxylation is 1. The second-order valence-electron chi connectivity index (χ2n) is 8.06. The van der Waals surface area contributed by atoms with Crippen LogP contribution < -0.4 is 15.4 Å². The summed E-state index contributed by atoms with van der Waals surface area (Å²) in [5, 5.41) is 7.30. The van der Waals surface area contributed by atoms with Crippen molar-refractivity contribution in [2.24, 2.45) is 5.92 Å².